The number of carbonyl (C=O) groups excluding carboxylic acids is 1. The van der Waals surface area contributed by atoms with Gasteiger partial charge in [0, 0.05) is 6.20 Å². The van der Waals surface area contributed by atoms with Gasteiger partial charge in [-0.3, -0.25) is 4.81 Å². The molecule has 0 saturated carbocycles. The van der Waals surface area contributed by atoms with Crippen LogP contribution in [0.15, 0.2) is 24.3 Å². The van der Waals surface area contributed by atoms with Crippen molar-refractivity contribution < 1.29 is 9.45 Å². The first-order valence-corrected chi connectivity index (χ1v) is 2.72. The van der Waals surface area contributed by atoms with Gasteiger partial charge in [0.15, 0.2) is 0 Å². The molecule has 1 saturated heterocycles. The van der Waals surface area contributed by atoms with E-state index in [-0.39, 0.29) is 13.1 Å². The lowest BCUT2D eigenvalue weighted by atomic mass is 9.75. The first-order valence-electron chi connectivity index (χ1n) is 2.72. The Hall–Kier alpha value is -1.19. The summed E-state index contributed by atoms with van der Waals surface area (Å²) >= 11 is 0. The standard InChI is InChI=1S/C5H4BNO2/c8-5-7-4-2-1-3-6(7)9-5/h1-4H. The first kappa shape index (κ1) is 4.67. The number of rotatable bonds is 0. The van der Waals surface area contributed by atoms with Gasteiger partial charge >= 0.3 is 13.1 Å². The van der Waals surface area contributed by atoms with Crippen molar-refractivity contribution >= 4 is 13.1 Å². The fourth-order valence-corrected chi connectivity index (χ4v) is 0.855. The van der Waals surface area contributed by atoms with E-state index in [1.54, 1.807) is 12.3 Å². The third-order valence-electron chi connectivity index (χ3n) is 1.34. The number of amides is 1. The Morgan fingerprint density at radius 1 is 1.56 bits per heavy atom. The highest BCUT2D eigenvalue weighted by molar-refractivity contribution is 6.64. The number of fused-ring (bicyclic) bond motifs is 1. The first-order chi connectivity index (χ1) is 4.38. The van der Waals surface area contributed by atoms with E-state index in [0.29, 0.717) is 0 Å². The lowest BCUT2D eigenvalue weighted by molar-refractivity contribution is 0.154. The monoisotopic (exact) mass is 121 g/mol. The van der Waals surface area contributed by atoms with Gasteiger partial charge in [-0.2, -0.15) is 0 Å². The van der Waals surface area contributed by atoms with Gasteiger partial charge in [-0.05, 0) is 12.1 Å². The van der Waals surface area contributed by atoms with Crippen molar-refractivity contribution in [3.05, 3.63) is 24.3 Å². The smallest absolute Gasteiger partial charge is 0.495 e. The molecule has 0 radical (unpaired) electrons. The zero-order valence-corrected chi connectivity index (χ0v) is 4.65. The number of nitrogens with zero attached hydrogens (tertiary/aromatic N) is 1. The molecule has 2 aliphatic rings. The maximum atomic E-state index is 10.5. The molecule has 2 aliphatic heterocycles. The molecule has 0 atom stereocenters. The minimum Gasteiger partial charge on any atom is -0.495 e. The van der Waals surface area contributed by atoms with Crippen LogP contribution in [0.2, 0.25) is 0 Å². The lowest BCUT2D eigenvalue weighted by Crippen LogP contribution is -2.55. The van der Waals surface area contributed by atoms with Crippen molar-refractivity contribution in [2.24, 2.45) is 0 Å². The maximum Gasteiger partial charge on any atom is 0.524 e. The van der Waals surface area contributed by atoms with Gasteiger partial charge in [0.1, 0.15) is 0 Å². The molecule has 4 heteroatoms. The lowest BCUT2D eigenvalue weighted by Gasteiger charge is -2.33. The van der Waals surface area contributed by atoms with E-state index in [1.807, 2.05) is 12.1 Å². The van der Waals surface area contributed by atoms with Crippen molar-refractivity contribution in [3.8, 4) is 0 Å². The fraction of sp³-hybridized carbons (Fsp3) is 0. The third-order valence-corrected chi connectivity index (χ3v) is 1.34. The quantitative estimate of drug-likeness (QED) is 0.438. The maximum absolute atomic E-state index is 10.5. The zero-order valence-electron chi connectivity index (χ0n) is 4.65. The Kier molecular flexibility index (Phi) is 0.728. The second-order valence-corrected chi connectivity index (χ2v) is 1.91. The van der Waals surface area contributed by atoms with E-state index in [4.69, 9.17) is 4.65 Å². The molecule has 2 rings (SSSR count). The highest BCUT2D eigenvalue weighted by atomic mass is 16.6. The summed E-state index contributed by atoms with van der Waals surface area (Å²) in [6, 6.07) is 0. The molecule has 0 N–H and O–H groups in total. The van der Waals surface area contributed by atoms with Gasteiger partial charge in [0.2, 0.25) is 0 Å². The van der Waals surface area contributed by atoms with E-state index in [2.05, 4.69) is 0 Å². The highest BCUT2D eigenvalue weighted by Crippen LogP contribution is 2.16. The molecule has 44 valence electrons. The van der Waals surface area contributed by atoms with Gasteiger partial charge in [0.05, 0.1) is 0 Å². The Morgan fingerprint density at radius 3 is 3.00 bits per heavy atom. The van der Waals surface area contributed by atoms with Crippen molar-refractivity contribution in [3.63, 3.8) is 0 Å². The van der Waals surface area contributed by atoms with Crippen molar-refractivity contribution in [2.75, 3.05) is 0 Å². The summed E-state index contributed by atoms with van der Waals surface area (Å²) in [5.41, 5.74) is 0. The topological polar surface area (TPSA) is 29.5 Å². The van der Waals surface area contributed by atoms with E-state index in [9.17, 15) is 4.79 Å². The van der Waals surface area contributed by atoms with Gasteiger partial charge in [0.25, 0.3) is 0 Å². The average Bonchev–Trinajstić information content (AvgIpc) is 1.86. The molecular formula is C5H4BNO2. The number of carbonyl (C=O) groups is 1. The SMILES string of the molecule is O=C1OB2C=CC=CN21. The molecule has 0 aliphatic carbocycles. The molecular weight excluding hydrogens is 117 g/mol. The zero-order chi connectivity index (χ0) is 6.27. The van der Waals surface area contributed by atoms with Gasteiger partial charge in [-0.15, -0.1) is 0 Å². The summed E-state index contributed by atoms with van der Waals surface area (Å²) in [4.78, 5) is 12.0. The second-order valence-electron chi connectivity index (χ2n) is 1.91. The normalized spacial score (nSPS) is 21.1. The summed E-state index contributed by atoms with van der Waals surface area (Å²) in [5, 5.41) is 0. The largest absolute Gasteiger partial charge is 0.524 e. The van der Waals surface area contributed by atoms with Gasteiger partial charge < -0.3 is 4.65 Å². The Labute approximate surface area is 52.7 Å². The molecule has 1 amide bonds. The minimum absolute atomic E-state index is 0.123. The molecule has 9 heavy (non-hydrogen) atoms. The van der Waals surface area contributed by atoms with Gasteiger partial charge in [-0.25, -0.2) is 4.79 Å². The van der Waals surface area contributed by atoms with Crippen molar-refractivity contribution in [2.45, 2.75) is 0 Å². The summed E-state index contributed by atoms with van der Waals surface area (Å²) in [7, 11) is -0.123. The summed E-state index contributed by atoms with van der Waals surface area (Å²) in [6.07, 6.45) is 5.10. The molecule has 0 aromatic rings. The molecule has 0 aromatic carbocycles. The van der Waals surface area contributed by atoms with Crippen LogP contribution in [0.5, 0.6) is 0 Å². The molecule has 1 fully saturated rings. The van der Waals surface area contributed by atoms with Crippen molar-refractivity contribution in [1.82, 2.24) is 4.81 Å². The Balaban J connectivity index is 2.23. The summed E-state index contributed by atoms with van der Waals surface area (Å²) in [5.74, 6) is 1.82. The number of hydrogen-bond donors (Lipinski definition) is 0. The minimum atomic E-state index is -0.263. The highest BCUT2D eigenvalue weighted by Gasteiger charge is 2.41. The van der Waals surface area contributed by atoms with Crippen LogP contribution in [0.1, 0.15) is 0 Å². The molecule has 0 spiro atoms. The van der Waals surface area contributed by atoms with Crippen LogP contribution in [0.4, 0.5) is 4.79 Å². The van der Waals surface area contributed by atoms with Crippen LogP contribution >= 0.6 is 0 Å². The average molecular weight is 121 g/mol. The fourth-order valence-electron chi connectivity index (χ4n) is 0.855. The Bertz CT molecular complexity index is 211. The number of hydrogen-bond acceptors (Lipinski definition) is 2. The van der Waals surface area contributed by atoms with Crippen LogP contribution in [-0.2, 0) is 4.65 Å². The molecule has 0 aromatic heterocycles. The van der Waals surface area contributed by atoms with E-state index in [1.165, 1.54) is 4.81 Å². The predicted molar refractivity (Wildman–Crippen MR) is 32.4 cm³/mol. The van der Waals surface area contributed by atoms with Gasteiger partial charge in [-0.1, -0.05) is 6.08 Å². The van der Waals surface area contributed by atoms with Crippen LogP contribution in [0.25, 0.3) is 0 Å². The van der Waals surface area contributed by atoms with Crippen LogP contribution in [0.3, 0.4) is 0 Å². The summed E-state index contributed by atoms with van der Waals surface area (Å²) < 4.78 is 4.69. The second kappa shape index (κ2) is 1.40. The molecule has 0 unspecified atom stereocenters. The predicted octanol–water partition coefficient (Wildman–Crippen LogP) is 0.549. The molecule has 0 bridgehead atoms. The Morgan fingerprint density at radius 2 is 2.44 bits per heavy atom. The van der Waals surface area contributed by atoms with Crippen LogP contribution in [0, 0.1) is 0 Å². The van der Waals surface area contributed by atoms with Crippen LogP contribution in [-0.4, -0.2) is 18.0 Å². The van der Waals surface area contributed by atoms with Crippen LogP contribution < -0.4 is 0 Å². The molecule has 2 heterocycles. The van der Waals surface area contributed by atoms with E-state index >= 15 is 0 Å². The number of allylic oxidation sites excluding steroid dienone is 2. The molecule has 3 nitrogen and oxygen atoms in total. The third kappa shape index (κ3) is 0.498. The summed E-state index contributed by atoms with van der Waals surface area (Å²) in [6.45, 7) is 0. The van der Waals surface area contributed by atoms with E-state index < -0.39 is 0 Å². The van der Waals surface area contributed by atoms with Crippen molar-refractivity contribution in [1.29, 1.82) is 0 Å². The van der Waals surface area contributed by atoms with E-state index in [0.717, 1.165) is 0 Å².